The van der Waals surface area contributed by atoms with Gasteiger partial charge in [0.15, 0.2) is 23.1 Å². The summed E-state index contributed by atoms with van der Waals surface area (Å²) in [6, 6.07) is 54.7. The van der Waals surface area contributed by atoms with Gasteiger partial charge in [0.1, 0.15) is 5.58 Å². The Bertz CT molecular complexity index is 3080. The summed E-state index contributed by atoms with van der Waals surface area (Å²) in [6.45, 7) is 0. The number of furan rings is 1. The summed E-state index contributed by atoms with van der Waals surface area (Å²) < 4.78 is 11.8. The first-order chi connectivity index (χ1) is 25.3. The Hall–Kier alpha value is -6.63. The molecule has 0 radical (unpaired) electrons. The molecule has 0 spiro atoms. The van der Waals surface area contributed by atoms with Crippen LogP contribution >= 0.6 is 11.3 Å². The van der Waals surface area contributed by atoms with Gasteiger partial charge < -0.3 is 8.98 Å². The van der Waals surface area contributed by atoms with E-state index in [1.807, 2.05) is 84.1 Å². The summed E-state index contributed by atoms with van der Waals surface area (Å²) >= 11 is 1.84. The van der Waals surface area contributed by atoms with Crippen LogP contribution in [-0.2, 0) is 0 Å². The molecule has 0 amide bonds. The molecule has 0 atom stereocenters. The van der Waals surface area contributed by atoms with Gasteiger partial charge in [-0.3, -0.25) is 0 Å². The average molecular weight is 671 g/mol. The Morgan fingerprint density at radius 3 is 1.84 bits per heavy atom. The molecule has 0 aliphatic rings. The van der Waals surface area contributed by atoms with Crippen LogP contribution in [-0.4, -0.2) is 19.5 Å². The van der Waals surface area contributed by atoms with Crippen LogP contribution in [0.4, 0.5) is 0 Å². The van der Waals surface area contributed by atoms with Crippen molar-refractivity contribution in [1.82, 2.24) is 19.5 Å². The lowest BCUT2D eigenvalue weighted by Crippen LogP contribution is -2.01. The van der Waals surface area contributed by atoms with Crippen LogP contribution in [0.25, 0.3) is 104 Å². The Kier molecular flexibility index (Phi) is 6.05. The molecule has 0 saturated heterocycles. The van der Waals surface area contributed by atoms with E-state index in [4.69, 9.17) is 19.4 Å². The Morgan fingerprint density at radius 2 is 1.08 bits per heavy atom. The number of benzene rings is 7. The summed E-state index contributed by atoms with van der Waals surface area (Å²) in [4.78, 5) is 15.2. The average Bonchev–Trinajstić information content (AvgIpc) is 3.88. The second-order valence-corrected chi connectivity index (χ2v) is 13.8. The molecular formula is C45H26N4OS. The van der Waals surface area contributed by atoms with Crippen molar-refractivity contribution in [1.29, 1.82) is 0 Å². The van der Waals surface area contributed by atoms with Crippen LogP contribution in [0.3, 0.4) is 0 Å². The third-order valence-corrected chi connectivity index (χ3v) is 11.0. The van der Waals surface area contributed by atoms with Crippen LogP contribution in [0.15, 0.2) is 162 Å². The van der Waals surface area contributed by atoms with Gasteiger partial charge >= 0.3 is 0 Å². The first kappa shape index (κ1) is 28.2. The number of thiophene rings is 1. The summed E-state index contributed by atoms with van der Waals surface area (Å²) in [5.41, 5.74) is 7.63. The third kappa shape index (κ3) is 4.24. The van der Waals surface area contributed by atoms with Gasteiger partial charge in [-0.15, -0.1) is 11.3 Å². The van der Waals surface area contributed by atoms with Gasteiger partial charge in [-0.1, -0.05) is 121 Å². The smallest absolute Gasteiger partial charge is 0.164 e. The van der Waals surface area contributed by atoms with E-state index >= 15 is 0 Å². The molecule has 0 saturated carbocycles. The minimum Gasteiger partial charge on any atom is -0.454 e. The predicted molar refractivity (Wildman–Crippen MR) is 211 cm³/mol. The molecule has 0 bridgehead atoms. The molecule has 11 rings (SSSR count). The third-order valence-electron chi connectivity index (χ3n) is 9.86. The van der Waals surface area contributed by atoms with Crippen molar-refractivity contribution in [2.45, 2.75) is 0 Å². The number of para-hydroxylation sites is 2. The topological polar surface area (TPSA) is 56.7 Å². The molecule has 11 aromatic rings. The minimum absolute atomic E-state index is 0.597. The minimum atomic E-state index is 0.597. The fourth-order valence-electron chi connectivity index (χ4n) is 7.62. The van der Waals surface area contributed by atoms with Crippen molar-refractivity contribution in [3.63, 3.8) is 0 Å². The van der Waals surface area contributed by atoms with E-state index in [2.05, 4.69) is 89.5 Å². The molecule has 6 heteroatoms. The van der Waals surface area contributed by atoms with Crippen molar-refractivity contribution in [2.75, 3.05) is 0 Å². The maximum atomic E-state index is 6.89. The van der Waals surface area contributed by atoms with Crippen molar-refractivity contribution in [2.24, 2.45) is 0 Å². The molecule has 238 valence electrons. The zero-order chi connectivity index (χ0) is 33.5. The monoisotopic (exact) mass is 670 g/mol. The van der Waals surface area contributed by atoms with Crippen molar-refractivity contribution in [3.8, 4) is 39.9 Å². The summed E-state index contributed by atoms with van der Waals surface area (Å²) in [6.07, 6.45) is 0. The number of fused-ring (bicyclic) bond motifs is 10. The lowest BCUT2D eigenvalue weighted by atomic mass is 10.0. The zero-order valence-corrected chi connectivity index (χ0v) is 27.9. The summed E-state index contributed by atoms with van der Waals surface area (Å²) in [5.74, 6) is 1.84. The Labute approximate surface area is 295 Å². The Balaban J connectivity index is 1.26. The fraction of sp³-hybridized carbons (Fsp3) is 0. The van der Waals surface area contributed by atoms with E-state index in [0.717, 1.165) is 49.8 Å². The van der Waals surface area contributed by atoms with Crippen LogP contribution in [0.2, 0.25) is 0 Å². The molecule has 0 aliphatic carbocycles. The molecule has 51 heavy (non-hydrogen) atoms. The van der Waals surface area contributed by atoms with Crippen LogP contribution < -0.4 is 0 Å². The van der Waals surface area contributed by atoms with E-state index in [0.29, 0.717) is 17.5 Å². The predicted octanol–water partition coefficient (Wildman–Crippen LogP) is 12.2. The lowest BCUT2D eigenvalue weighted by Gasteiger charge is -2.13. The molecule has 0 unspecified atom stereocenters. The molecule has 0 aliphatic heterocycles. The molecule has 0 N–H and O–H groups in total. The second kappa shape index (κ2) is 10.9. The van der Waals surface area contributed by atoms with Gasteiger partial charge in [-0.05, 0) is 36.4 Å². The van der Waals surface area contributed by atoms with Crippen molar-refractivity contribution in [3.05, 3.63) is 158 Å². The normalized spacial score (nSPS) is 11.9. The Morgan fingerprint density at radius 1 is 0.451 bits per heavy atom. The molecule has 4 aromatic heterocycles. The molecule has 5 nitrogen and oxygen atoms in total. The first-order valence-electron chi connectivity index (χ1n) is 17.0. The molecule has 4 heterocycles. The molecular weight excluding hydrogens is 645 g/mol. The highest BCUT2D eigenvalue weighted by Gasteiger charge is 2.24. The van der Waals surface area contributed by atoms with Gasteiger partial charge in [0.25, 0.3) is 0 Å². The fourth-order valence-corrected chi connectivity index (χ4v) is 8.73. The second-order valence-electron chi connectivity index (χ2n) is 12.8. The maximum Gasteiger partial charge on any atom is 0.164 e. The van der Waals surface area contributed by atoms with Gasteiger partial charge in [0.05, 0.1) is 16.7 Å². The number of nitrogens with zero attached hydrogens (tertiary/aromatic N) is 4. The maximum absolute atomic E-state index is 6.89. The quantitative estimate of drug-likeness (QED) is 0.187. The molecule has 7 aromatic carbocycles. The largest absolute Gasteiger partial charge is 0.454 e. The van der Waals surface area contributed by atoms with Crippen LogP contribution in [0.1, 0.15) is 0 Å². The van der Waals surface area contributed by atoms with E-state index in [9.17, 15) is 0 Å². The zero-order valence-electron chi connectivity index (χ0n) is 27.1. The highest BCUT2D eigenvalue weighted by molar-refractivity contribution is 7.26. The van der Waals surface area contributed by atoms with Crippen molar-refractivity contribution >= 4 is 75.3 Å². The van der Waals surface area contributed by atoms with Gasteiger partial charge in [-0.2, -0.15) is 0 Å². The van der Waals surface area contributed by atoms with Crippen LogP contribution in [0.5, 0.6) is 0 Å². The van der Waals surface area contributed by atoms with E-state index in [-0.39, 0.29) is 0 Å². The van der Waals surface area contributed by atoms with Crippen molar-refractivity contribution < 1.29 is 4.42 Å². The van der Waals surface area contributed by atoms with Crippen LogP contribution in [0, 0.1) is 0 Å². The number of rotatable bonds is 4. The first-order valence-corrected chi connectivity index (χ1v) is 17.8. The SMILES string of the molecule is c1ccc(-c2nc(-c3ccccc3)nc(-c3ccc(-n4c5ccccc5c5ccc6sc7ccccc7c6c54)c4oc5ccccc5c34)n2)cc1. The standard InChI is InChI=1S/C45H26N4OS/c1-3-13-27(14-4-1)43-46-44(28-15-5-2-6-16-28)48-45(47-43)33-23-25-35(42-39(33)31-18-8-11-21-36(31)50-42)49-34-20-10-7-17-29(34)30-24-26-38-40(41(30)49)32-19-9-12-22-37(32)51-38/h1-26H. The summed E-state index contributed by atoms with van der Waals surface area (Å²) in [7, 11) is 0. The summed E-state index contributed by atoms with van der Waals surface area (Å²) in [5, 5.41) is 6.93. The van der Waals surface area contributed by atoms with Gasteiger partial charge in [0.2, 0.25) is 0 Å². The van der Waals surface area contributed by atoms with Gasteiger partial charge in [-0.25, -0.2) is 15.0 Å². The van der Waals surface area contributed by atoms with Gasteiger partial charge in [0, 0.05) is 58.4 Å². The highest BCUT2D eigenvalue weighted by Crippen LogP contribution is 2.46. The van der Waals surface area contributed by atoms with E-state index < -0.39 is 0 Å². The number of hydrogen-bond acceptors (Lipinski definition) is 5. The molecule has 0 fully saturated rings. The lowest BCUT2D eigenvalue weighted by molar-refractivity contribution is 0.666. The highest BCUT2D eigenvalue weighted by atomic mass is 32.1. The number of hydrogen-bond donors (Lipinski definition) is 0. The van der Waals surface area contributed by atoms with E-state index in [1.54, 1.807) is 0 Å². The number of aromatic nitrogens is 4. The van der Waals surface area contributed by atoms with E-state index in [1.165, 1.54) is 36.5 Å².